The Hall–Kier alpha value is -0.570. The zero-order valence-corrected chi connectivity index (χ0v) is 9.29. The van der Waals surface area contributed by atoms with Crippen molar-refractivity contribution in [1.29, 1.82) is 0 Å². The van der Waals surface area contributed by atoms with Crippen LogP contribution in [-0.4, -0.2) is 23.2 Å². The summed E-state index contributed by atoms with van der Waals surface area (Å²) in [5, 5.41) is 12.5. The molecular formula is C11H21NO2. The van der Waals surface area contributed by atoms with E-state index in [9.17, 15) is 9.90 Å². The highest BCUT2D eigenvalue weighted by Gasteiger charge is 2.27. The van der Waals surface area contributed by atoms with E-state index in [0.29, 0.717) is 5.92 Å². The minimum absolute atomic E-state index is 0.0529. The summed E-state index contributed by atoms with van der Waals surface area (Å²) in [6, 6.07) is 0.267. The molecule has 14 heavy (non-hydrogen) atoms. The van der Waals surface area contributed by atoms with Crippen molar-refractivity contribution in [1.82, 2.24) is 5.32 Å². The summed E-state index contributed by atoms with van der Waals surface area (Å²) in [6.45, 7) is 5.84. The number of nitrogens with one attached hydrogen (secondary N) is 1. The number of hydrogen-bond donors (Lipinski definition) is 2. The molecule has 1 aliphatic rings. The number of carbonyl (C=O) groups is 1. The van der Waals surface area contributed by atoms with E-state index in [1.54, 1.807) is 0 Å². The van der Waals surface area contributed by atoms with Gasteiger partial charge in [0.2, 0.25) is 5.91 Å². The largest absolute Gasteiger partial charge is 0.393 e. The molecule has 0 aromatic carbocycles. The second kappa shape index (κ2) is 4.78. The minimum Gasteiger partial charge on any atom is -0.393 e. The van der Waals surface area contributed by atoms with Gasteiger partial charge in [-0.25, -0.2) is 0 Å². The van der Waals surface area contributed by atoms with E-state index in [0.717, 1.165) is 19.3 Å². The van der Waals surface area contributed by atoms with Gasteiger partial charge in [0.15, 0.2) is 0 Å². The molecule has 0 aliphatic heterocycles. The van der Waals surface area contributed by atoms with Crippen LogP contribution in [0.5, 0.6) is 0 Å². The maximum Gasteiger partial charge on any atom is 0.222 e. The fraction of sp³-hybridized carbons (Fsp3) is 0.909. The van der Waals surface area contributed by atoms with Crippen molar-refractivity contribution in [3.05, 3.63) is 0 Å². The summed E-state index contributed by atoms with van der Waals surface area (Å²) in [5.74, 6) is 0.483. The van der Waals surface area contributed by atoms with Crippen LogP contribution in [0.1, 0.15) is 40.0 Å². The van der Waals surface area contributed by atoms with Gasteiger partial charge in [-0.15, -0.1) is 0 Å². The molecule has 3 atom stereocenters. The van der Waals surface area contributed by atoms with Gasteiger partial charge in [-0.1, -0.05) is 20.8 Å². The maximum absolute atomic E-state index is 11.4. The van der Waals surface area contributed by atoms with Crippen LogP contribution >= 0.6 is 0 Å². The molecule has 0 saturated heterocycles. The van der Waals surface area contributed by atoms with Crippen LogP contribution in [0.3, 0.4) is 0 Å². The van der Waals surface area contributed by atoms with Crippen molar-refractivity contribution in [2.75, 3.05) is 0 Å². The van der Waals surface area contributed by atoms with Gasteiger partial charge in [-0.3, -0.25) is 4.79 Å². The average Bonchev–Trinajstić information content (AvgIpc) is 2.11. The number of amides is 1. The van der Waals surface area contributed by atoms with Gasteiger partial charge in [-0.2, -0.15) is 0 Å². The first-order chi connectivity index (χ1) is 6.50. The summed E-state index contributed by atoms with van der Waals surface area (Å²) in [4.78, 5) is 11.4. The quantitative estimate of drug-likeness (QED) is 0.704. The van der Waals surface area contributed by atoms with Crippen molar-refractivity contribution < 1.29 is 9.90 Å². The molecule has 1 rings (SSSR count). The summed E-state index contributed by atoms with van der Waals surface area (Å²) in [7, 11) is 0. The molecule has 0 radical (unpaired) electrons. The topological polar surface area (TPSA) is 49.3 Å². The van der Waals surface area contributed by atoms with E-state index in [-0.39, 0.29) is 24.0 Å². The normalized spacial score (nSPS) is 33.1. The van der Waals surface area contributed by atoms with Crippen LogP contribution < -0.4 is 5.32 Å². The Morgan fingerprint density at radius 1 is 1.43 bits per heavy atom. The molecule has 2 N–H and O–H groups in total. The molecule has 3 heteroatoms. The lowest BCUT2D eigenvalue weighted by Crippen LogP contribution is -2.43. The number of aliphatic hydroxyl groups excluding tert-OH is 1. The summed E-state index contributed by atoms with van der Waals surface area (Å²) in [6.07, 6.45) is 2.44. The molecule has 1 aliphatic carbocycles. The third kappa shape index (κ3) is 2.98. The molecular weight excluding hydrogens is 178 g/mol. The molecule has 0 bridgehead atoms. The Morgan fingerprint density at radius 2 is 2.07 bits per heavy atom. The SMILES string of the molecule is CC(C)C(=O)NC1CCC(O)C(C)C1. The Labute approximate surface area is 85.9 Å². The van der Waals surface area contributed by atoms with Crippen LogP contribution in [0.15, 0.2) is 0 Å². The monoisotopic (exact) mass is 199 g/mol. The van der Waals surface area contributed by atoms with Crippen molar-refractivity contribution in [2.45, 2.75) is 52.2 Å². The third-order valence-electron chi connectivity index (χ3n) is 2.99. The maximum atomic E-state index is 11.4. The highest BCUT2D eigenvalue weighted by atomic mass is 16.3. The Bertz CT molecular complexity index is 203. The summed E-state index contributed by atoms with van der Waals surface area (Å²) >= 11 is 0. The van der Waals surface area contributed by atoms with Crippen molar-refractivity contribution in [2.24, 2.45) is 11.8 Å². The van der Waals surface area contributed by atoms with Crippen LogP contribution in [0.25, 0.3) is 0 Å². The average molecular weight is 199 g/mol. The van der Waals surface area contributed by atoms with Crippen molar-refractivity contribution >= 4 is 5.91 Å². The summed E-state index contributed by atoms with van der Waals surface area (Å²) < 4.78 is 0. The zero-order valence-electron chi connectivity index (χ0n) is 9.29. The molecule has 3 unspecified atom stereocenters. The second-order valence-corrected chi connectivity index (χ2v) is 4.72. The highest BCUT2D eigenvalue weighted by Crippen LogP contribution is 2.24. The van der Waals surface area contributed by atoms with Crippen LogP contribution in [0, 0.1) is 11.8 Å². The van der Waals surface area contributed by atoms with E-state index in [2.05, 4.69) is 5.32 Å². The van der Waals surface area contributed by atoms with Gasteiger partial charge in [0.1, 0.15) is 0 Å². The molecule has 0 aromatic heterocycles. The number of rotatable bonds is 2. The molecule has 0 spiro atoms. The molecule has 1 saturated carbocycles. The first-order valence-corrected chi connectivity index (χ1v) is 5.49. The Kier molecular flexibility index (Phi) is 3.93. The van der Waals surface area contributed by atoms with E-state index in [4.69, 9.17) is 0 Å². The summed E-state index contributed by atoms with van der Waals surface area (Å²) in [5.41, 5.74) is 0. The van der Waals surface area contributed by atoms with E-state index >= 15 is 0 Å². The van der Waals surface area contributed by atoms with Gasteiger partial charge in [0.25, 0.3) is 0 Å². The molecule has 0 aromatic rings. The molecule has 0 heterocycles. The predicted octanol–water partition coefficient (Wildman–Crippen LogP) is 1.31. The van der Waals surface area contributed by atoms with Gasteiger partial charge in [-0.05, 0) is 25.2 Å². The smallest absolute Gasteiger partial charge is 0.222 e. The Morgan fingerprint density at radius 3 is 2.57 bits per heavy atom. The van der Waals surface area contributed by atoms with Crippen molar-refractivity contribution in [3.8, 4) is 0 Å². The molecule has 3 nitrogen and oxygen atoms in total. The van der Waals surface area contributed by atoms with Gasteiger partial charge in [0.05, 0.1) is 6.10 Å². The van der Waals surface area contributed by atoms with E-state index < -0.39 is 0 Å². The van der Waals surface area contributed by atoms with E-state index in [1.807, 2.05) is 20.8 Å². The fourth-order valence-corrected chi connectivity index (χ4v) is 1.88. The third-order valence-corrected chi connectivity index (χ3v) is 2.99. The zero-order chi connectivity index (χ0) is 10.7. The van der Waals surface area contributed by atoms with Gasteiger partial charge >= 0.3 is 0 Å². The molecule has 1 amide bonds. The number of carbonyl (C=O) groups excluding carboxylic acids is 1. The first-order valence-electron chi connectivity index (χ1n) is 5.49. The second-order valence-electron chi connectivity index (χ2n) is 4.72. The lowest BCUT2D eigenvalue weighted by molar-refractivity contribution is -0.125. The molecule has 82 valence electrons. The van der Waals surface area contributed by atoms with Crippen LogP contribution in [0.2, 0.25) is 0 Å². The van der Waals surface area contributed by atoms with Crippen molar-refractivity contribution in [3.63, 3.8) is 0 Å². The number of hydrogen-bond acceptors (Lipinski definition) is 2. The van der Waals surface area contributed by atoms with E-state index in [1.165, 1.54) is 0 Å². The molecule has 1 fully saturated rings. The Balaban J connectivity index is 2.37. The van der Waals surface area contributed by atoms with Gasteiger partial charge in [0, 0.05) is 12.0 Å². The van der Waals surface area contributed by atoms with Crippen LogP contribution in [0.4, 0.5) is 0 Å². The minimum atomic E-state index is -0.179. The van der Waals surface area contributed by atoms with Gasteiger partial charge < -0.3 is 10.4 Å². The highest BCUT2D eigenvalue weighted by molar-refractivity contribution is 5.78. The lowest BCUT2D eigenvalue weighted by atomic mass is 9.84. The number of aliphatic hydroxyl groups is 1. The van der Waals surface area contributed by atoms with Crippen LogP contribution in [-0.2, 0) is 4.79 Å². The standard InChI is InChI=1S/C11H21NO2/c1-7(2)11(14)12-9-4-5-10(13)8(3)6-9/h7-10,13H,4-6H2,1-3H3,(H,12,14). The fourth-order valence-electron chi connectivity index (χ4n) is 1.88. The lowest BCUT2D eigenvalue weighted by Gasteiger charge is -2.31. The first kappa shape index (κ1) is 11.5. The predicted molar refractivity (Wildman–Crippen MR) is 55.8 cm³/mol.